The average molecular weight is 424 g/mol. The lowest BCUT2D eigenvalue weighted by atomic mass is 10.0. The van der Waals surface area contributed by atoms with Crippen molar-refractivity contribution in [1.82, 2.24) is 0 Å². The molecule has 3 rings (SSSR count). The van der Waals surface area contributed by atoms with Crippen LogP contribution in [-0.4, -0.2) is 32.9 Å². The zero-order valence-corrected chi connectivity index (χ0v) is 16.1. The third-order valence-electron chi connectivity index (χ3n) is 4.26. The highest BCUT2D eigenvalue weighted by Gasteiger charge is 2.25. The molecule has 0 heterocycles. The standard InChI is InChI=1S/C20H16N4O7/c1-31-19-10-16(17(23(27)28)11-18(19)24(29)30)21-22-20(12-2-6-14(25)7-3-12)13-4-8-15(26)9-5-13/h2-11,21,25-26H,1H3. The summed E-state index contributed by atoms with van der Waals surface area (Å²) < 4.78 is 4.98. The molecular weight excluding hydrogens is 408 g/mol. The van der Waals surface area contributed by atoms with Gasteiger partial charge in [-0.2, -0.15) is 5.10 Å². The van der Waals surface area contributed by atoms with Gasteiger partial charge in [0.2, 0.25) is 0 Å². The third kappa shape index (κ3) is 4.67. The molecule has 0 saturated heterocycles. The molecule has 0 saturated carbocycles. The SMILES string of the molecule is COc1cc(NN=C(c2ccc(O)cc2)c2ccc(O)cc2)c([N+](=O)[O-])cc1[N+](=O)[O-]. The number of phenolic OH excluding ortho intramolecular Hbond substituents is 2. The normalized spacial score (nSPS) is 10.2. The second kappa shape index (κ2) is 8.78. The van der Waals surface area contributed by atoms with Gasteiger partial charge in [0.25, 0.3) is 0 Å². The molecule has 0 spiro atoms. The number of aromatic hydroxyl groups is 2. The average Bonchev–Trinajstić information content (AvgIpc) is 2.75. The lowest BCUT2D eigenvalue weighted by molar-refractivity contribution is -0.394. The first-order valence-electron chi connectivity index (χ1n) is 8.73. The molecule has 11 heteroatoms. The quantitative estimate of drug-likeness (QED) is 0.293. The van der Waals surface area contributed by atoms with Crippen molar-refractivity contribution in [3.8, 4) is 17.2 Å². The van der Waals surface area contributed by atoms with E-state index in [-0.39, 0.29) is 22.9 Å². The van der Waals surface area contributed by atoms with E-state index in [1.54, 1.807) is 24.3 Å². The molecule has 0 aliphatic heterocycles. The Balaban J connectivity index is 2.11. The summed E-state index contributed by atoms with van der Waals surface area (Å²) in [5, 5.41) is 46.0. The summed E-state index contributed by atoms with van der Waals surface area (Å²) >= 11 is 0. The van der Waals surface area contributed by atoms with Crippen molar-refractivity contribution in [3.05, 3.63) is 92.0 Å². The second-order valence-corrected chi connectivity index (χ2v) is 6.22. The smallest absolute Gasteiger partial charge is 0.317 e. The van der Waals surface area contributed by atoms with E-state index in [0.29, 0.717) is 16.8 Å². The largest absolute Gasteiger partial charge is 0.508 e. The first kappa shape index (κ1) is 21.0. The van der Waals surface area contributed by atoms with E-state index in [1.807, 2.05) is 0 Å². The van der Waals surface area contributed by atoms with E-state index in [4.69, 9.17) is 4.74 Å². The number of rotatable bonds is 7. The molecule has 11 nitrogen and oxygen atoms in total. The number of hydrogen-bond donors (Lipinski definition) is 3. The Hall–Kier alpha value is -4.67. The summed E-state index contributed by atoms with van der Waals surface area (Å²) in [7, 11) is 1.21. The fourth-order valence-electron chi connectivity index (χ4n) is 2.75. The Morgan fingerprint density at radius 2 is 1.35 bits per heavy atom. The number of nitrogens with one attached hydrogen (secondary N) is 1. The van der Waals surface area contributed by atoms with Crippen LogP contribution in [0.15, 0.2) is 65.8 Å². The molecule has 0 aliphatic rings. The minimum atomic E-state index is -0.781. The summed E-state index contributed by atoms with van der Waals surface area (Å²) in [5.41, 5.74) is 2.80. The van der Waals surface area contributed by atoms with E-state index >= 15 is 0 Å². The van der Waals surface area contributed by atoms with Crippen molar-refractivity contribution in [2.75, 3.05) is 12.5 Å². The maximum absolute atomic E-state index is 11.5. The highest BCUT2D eigenvalue weighted by atomic mass is 16.6. The van der Waals surface area contributed by atoms with Gasteiger partial charge in [-0.15, -0.1) is 0 Å². The van der Waals surface area contributed by atoms with Gasteiger partial charge < -0.3 is 14.9 Å². The van der Waals surface area contributed by atoms with E-state index in [1.165, 1.54) is 31.4 Å². The minimum absolute atomic E-state index is 0.0394. The van der Waals surface area contributed by atoms with E-state index in [9.17, 15) is 30.4 Å². The maximum Gasteiger partial charge on any atom is 0.317 e. The predicted molar refractivity (Wildman–Crippen MR) is 112 cm³/mol. The van der Waals surface area contributed by atoms with Crippen LogP contribution < -0.4 is 10.2 Å². The van der Waals surface area contributed by atoms with Crippen LogP contribution in [0.1, 0.15) is 11.1 Å². The molecule has 0 aliphatic carbocycles. The van der Waals surface area contributed by atoms with Crippen molar-refractivity contribution in [2.45, 2.75) is 0 Å². The first-order chi connectivity index (χ1) is 14.8. The molecule has 0 atom stereocenters. The Morgan fingerprint density at radius 3 is 1.77 bits per heavy atom. The van der Waals surface area contributed by atoms with Crippen LogP contribution in [0, 0.1) is 20.2 Å². The molecule has 0 bridgehead atoms. The van der Waals surface area contributed by atoms with Gasteiger partial charge in [-0.05, 0) is 48.5 Å². The van der Waals surface area contributed by atoms with Gasteiger partial charge in [0.1, 0.15) is 23.3 Å². The van der Waals surface area contributed by atoms with Gasteiger partial charge in [-0.25, -0.2) is 0 Å². The van der Waals surface area contributed by atoms with Crippen LogP contribution in [0.4, 0.5) is 17.1 Å². The number of nitro groups is 2. The van der Waals surface area contributed by atoms with Crippen molar-refractivity contribution < 1.29 is 24.8 Å². The van der Waals surface area contributed by atoms with Crippen LogP contribution in [0.5, 0.6) is 17.2 Å². The monoisotopic (exact) mass is 424 g/mol. The number of nitrogens with zero attached hydrogens (tertiary/aromatic N) is 3. The van der Waals surface area contributed by atoms with Gasteiger partial charge in [0.05, 0.1) is 22.7 Å². The van der Waals surface area contributed by atoms with E-state index in [0.717, 1.165) is 12.1 Å². The topological polar surface area (TPSA) is 160 Å². The van der Waals surface area contributed by atoms with Crippen molar-refractivity contribution in [3.63, 3.8) is 0 Å². The summed E-state index contributed by atoms with van der Waals surface area (Å²) in [5.74, 6) is -0.0980. The number of phenols is 2. The molecule has 158 valence electrons. The minimum Gasteiger partial charge on any atom is -0.508 e. The maximum atomic E-state index is 11.5. The fraction of sp³-hybridized carbons (Fsp3) is 0.0500. The molecule has 31 heavy (non-hydrogen) atoms. The lowest BCUT2D eigenvalue weighted by Crippen LogP contribution is -2.08. The Morgan fingerprint density at radius 1 is 0.871 bits per heavy atom. The zero-order valence-electron chi connectivity index (χ0n) is 16.1. The summed E-state index contributed by atoms with van der Waals surface area (Å²) in [4.78, 5) is 21.1. The fourth-order valence-corrected chi connectivity index (χ4v) is 2.75. The number of hydrogen-bond acceptors (Lipinski definition) is 9. The highest BCUT2D eigenvalue weighted by molar-refractivity contribution is 6.13. The van der Waals surface area contributed by atoms with Gasteiger partial charge in [0.15, 0.2) is 5.75 Å². The molecule has 3 aromatic carbocycles. The van der Waals surface area contributed by atoms with Gasteiger partial charge in [-0.1, -0.05) is 0 Å². The van der Waals surface area contributed by atoms with Crippen molar-refractivity contribution in [1.29, 1.82) is 0 Å². The molecular formula is C20H16N4O7. The zero-order chi connectivity index (χ0) is 22.5. The number of ether oxygens (including phenoxy) is 1. The van der Waals surface area contributed by atoms with E-state index in [2.05, 4.69) is 10.5 Å². The third-order valence-corrected chi connectivity index (χ3v) is 4.26. The molecule has 0 radical (unpaired) electrons. The molecule has 0 aromatic heterocycles. The predicted octanol–water partition coefficient (Wildman–Crippen LogP) is 3.79. The highest BCUT2D eigenvalue weighted by Crippen LogP contribution is 2.37. The van der Waals surface area contributed by atoms with Crippen LogP contribution in [0.25, 0.3) is 0 Å². The van der Waals surface area contributed by atoms with Crippen molar-refractivity contribution >= 4 is 22.8 Å². The van der Waals surface area contributed by atoms with E-state index < -0.39 is 21.2 Å². The Kier molecular flexibility index (Phi) is 5.96. The molecule has 3 N–H and O–H groups in total. The Bertz CT molecular complexity index is 1110. The molecule has 3 aromatic rings. The number of nitro benzene ring substituents is 2. The van der Waals surface area contributed by atoms with Crippen LogP contribution in [0.3, 0.4) is 0 Å². The summed E-state index contributed by atoms with van der Waals surface area (Å²) in [6, 6.07) is 14.1. The molecule has 0 unspecified atom stereocenters. The number of hydrazone groups is 1. The second-order valence-electron chi connectivity index (χ2n) is 6.22. The first-order valence-corrected chi connectivity index (χ1v) is 8.73. The van der Waals surface area contributed by atoms with Gasteiger partial charge >= 0.3 is 11.4 Å². The van der Waals surface area contributed by atoms with Crippen LogP contribution in [-0.2, 0) is 0 Å². The number of anilines is 1. The summed E-state index contributed by atoms with van der Waals surface area (Å²) in [6.45, 7) is 0. The lowest BCUT2D eigenvalue weighted by Gasteiger charge is -2.10. The number of methoxy groups -OCH3 is 1. The summed E-state index contributed by atoms with van der Waals surface area (Å²) in [6.07, 6.45) is 0. The molecule has 0 fully saturated rings. The molecule has 0 amide bonds. The van der Waals surface area contributed by atoms with Gasteiger partial charge in [-0.3, -0.25) is 25.7 Å². The van der Waals surface area contributed by atoms with Gasteiger partial charge in [0, 0.05) is 17.2 Å². The number of benzene rings is 3. The van der Waals surface area contributed by atoms with Crippen LogP contribution >= 0.6 is 0 Å². The Labute approximate surface area is 175 Å². The van der Waals surface area contributed by atoms with Crippen molar-refractivity contribution in [2.24, 2.45) is 5.10 Å². The van der Waals surface area contributed by atoms with Crippen LogP contribution in [0.2, 0.25) is 0 Å².